The van der Waals surface area contributed by atoms with E-state index in [0.29, 0.717) is 18.2 Å². The molecular weight excluding hydrogens is 288 g/mol. The maximum atomic E-state index is 12.8. The first-order valence-corrected chi connectivity index (χ1v) is 8.48. The third kappa shape index (κ3) is 2.73. The number of hydrogen-bond donors (Lipinski definition) is 0. The van der Waals surface area contributed by atoms with Crippen molar-refractivity contribution in [1.29, 1.82) is 0 Å². The Kier molecular flexibility index (Phi) is 3.82. The van der Waals surface area contributed by atoms with Gasteiger partial charge in [0.15, 0.2) is 0 Å². The van der Waals surface area contributed by atoms with Crippen LogP contribution < -0.4 is 0 Å². The second kappa shape index (κ2) is 5.61. The fourth-order valence-corrected chi connectivity index (χ4v) is 4.37. The highest BCUT2D eigenvalue weighted by Crippen LogP contribution is 2.37. The van der Waals surface area contributed by atoms with Crippen LogP contribution in [0, 0.1) is 5.92 Å². The summed E-state index contributed by atoms with van der Waals surface area (Å²) in [6.45, 7) is 2.65. The van der Waals surface area contributed by atoms with Gasteiger partial charge in [0.05, 0.1) is 12.3 Å². The third-order valence-electron chi connectivity index (χ3n) is 3.93. The first-order valence-electron chi connectivity index (χ1n) is 7.04. The van der Waals surface area contributed by atoms with Crippen LogP contribution in [0.25, 0.3) is 0 Å². The molecule has 0 radical (unpaired) electrons. The van der Waals surface area contributed by atoms with Gasteiger partial charge in [-0.25, -0.2) is 8.42 Å². The largest absolute Gasteiger partial charge is 0.468 e. The van der Waals surface area contributed by atoms with Crippen LogP contribution in [0.3, 0.4) is 0 Å². The van der Waals surface area contributed by atoms with Gasteiger partial charge in [-0.15, -0.1) is 0 Å². The molecule has 2 unspecified atom stereocenters. The zero-order valence-electron chi connectivity index (χ0n) is 11.8. The zero-order valence-corrected chi connectivity index (χ0v) is 12.7. The topological polar surface area (TPSA) is 63.4 Å². The zero-order chi connectivity index (χ0) is 14.9. The number of piperidine rings is 1. The summed E-state index contributed by atoms with van der Waals surface area (Å²) < 4.78 is 32.7. The summed E-state index contributed by atoms with van der Waals surface area (Å²) in [5.74, 6) is 1.18. The first-order chi connectivity index (χ1) is 10.1. The van der Waals surface area contributed by atoms with Crippen molar-refractivity contribution in [3.63, 3.8) is 0 Å². The Labute approximate surface area is 124 Å². The van der Waals surface area contributed by atoms with E-state index in [9.17, 15) is 8.42 Å². The van der Waals surface area contributed by atoms with E-state index < -0.39 is 10.0 Å². The molecule has 2 aromatic heterocycles. The van der Waals surface area contributed by atoms with Gasteiger partial charge in [0.1, 0.15) is 10.7 Å². The monoisotopic (exact) mass is 306 g/mol. The number of rotatable bonds is 3. The van der Waals surface area contributed by atoms with E-state index in [2.05, 4.69) is 11.9 Å². The van der Waals surface area contributed by atoms with Crippen LogP contribution >= 0.6 is 0 Å². The molecule has 2 aromatic rings. The third-order valence-corrected chi connectivity index (χ3v) is 5.82. The summed E-state index contributed by atoms with van der Waals surface area (Å²) >= 11 is 0. The van der Waals surface area contributed by atoms with E-state index in [0.717, 1.165) is 12.8 Å². The highest BCUT2D eigenvalue weighted by Gasteiger charge is 2.37. The van der Waals surface area contributed by atoms with Crippen LogP contribution in [0.4, 0.5) is 0 Å². The van der Waals surface area contributed by atoms with E-state index in [1.807, 2.05) is 6.07 Å². The molecule has 1 fully saturated rings. The van der Waals surface area contributed by atoms with Gasteiger partial charge in [0.25, 0.3) is 0 Å². The van der Waals surface area contributed by atoms with Gasteiger partial charge >= 0.3 is 0 Å². The number of sulfonamides is 1. The Hall–Kier alpha value is -1.66. The molecule has 1 aliphatic rings. The smallest absolute Gasteiger partial charge is 0.245 e. The van der Waals surface area contributed by atoms with E-state index in [1.54, 1.807) is 35.0 Å². The van der Waals surface area contributed by atoms with E-state index in [4.69, 9.17) is 4.42 Å². The Morgan fingerprint density at radius 1 is 1.33 bits per heavy atom. The Morgan fingerprint density at radius 2 is 2.19 bits per heavy atom. The Bertz CT molecular complexity index is 683. The summed E-state index contributed by atoms with van der Waals surface area (Å²) in [6, 6.07) is 6.62. The van der Waals surface area contributed by atoms with Crippen molar-refractivity contribution in [2.75, 3.05) is 6.54 Å². The molecule has 21 heavy (non-hydrogen) atoms. The van der Waals surface area contributed by atoms with Crippen LogP contribution in [0.15, 0.2) is 52.2 Å². The molecule has 0 amide bonds. The lowest BCUT2D eigenvalue weighted by molar-refractivity contribution is 0.185. The average Bonchev–Trinajstić information content (AvgIpc) is 3.02. The minimum absolute atomic E-state index is 0.233. The molecule has 6 heteroatoms. The van der Waals surface area contributed by atoms with E-state index >= 15 is 0 Å². The number of hydrogen-bond acceptors (Lipinski definition) is 4. The minimum atomic E-state index is -3.55. The predicted octanol–water partition coefficient (Wildman–Crippen LogP) is 2.84. The lowest BCUT2D eigenvalue weighted by Gasteiger charge is -2.36. The van der Waals surface area contributed by atoms with Crippen molar-refractivity contribution >= 4 is 10.0 Å². The molecular formula is C15H18N2O3S. The number of aromatic nitrogens is 1. The number of furan rings is 1. The van der Waals surface area contributed by atoms with E-state index in [-0.39, 0.29) is 10.9 Å². The van der Waals surface area contributed by atoms with Gasteiger partial charge in [-0.1, -0.05) is 6.92 Å². The highest BCUT2D eigenvalue weighted by molar-refractivity contribution is 7.89. The van der Waals surface area contributed by atoms with Gasteiger partial charge in [0, 0.05) is 18.9 Å². The van der Waals surface area contributed by atoms with E-state index in [1.165, 1.54) is 6.20 Å². The molecule has 3 rings (SSSR count). The summed E-state index contributed by atoms with van der Waals surface area (Å²) in [6.07, 6.45) is 6.18. The lowest BCUT2D eigenvalue weighted by atomic mass is 9.93. The van der Waals surface area contributed by atoms with Gasteiger partial charge in [-0.2, -0.15) is 4.31 Å². The standard InChI is InChI=1S/C15H18N2O3S/c1-12-6-8-17(14(10-12)15-5-3-9-20-15)21(18,19)13-4-2-7-16-11-13/h2-5,7,9,11-12,14H,6,8,10H2,1H3. The quantitative estimate of drug-likeness (QED) is 0.874. The average molecular weight is 306 g/mol. The summed E-state index contributed by atoms with van der Waals surface area (Å²) in [5, 5.41) is 0. The molecule has 0 N–H and O–H groups in total. The number of nitrogens with zero attached hydrogens (tertiary/aromatic N) is 2. The van der Waals surface area contributed by atoms with Gasteiger partial charge < -0.3 is 4.42 Å². The second-order valence-corrected chi connectivity index (χ2v) is 7.36. The van der Waals surface area contributed by atoms with Crippen molar-refractivity contribution < 1.29 is 12.8 Å². The molecule has 0 saturated carbocycles. The maximum absolute atomic E-state index is 12.8. The lowest BCUT2D eigenvalue weighted by Crippen LogP contribution is -2.40. The molecule has 5 nitrogen and oxygen atoms in total. The molecule has 1 aliphatic heterocycles. The van der Waals surface area contributed by atoms with Crippen LogP contribution in [-0.4, -0.2) is 24.3 Å². The molecule has 0 spiro atoms. The molecule has 0 aliphatic carbocycles. The summed E-state index contributed by atoms with van der Waals surface area (Å²) in [4.78, 5) is 4.15. The summed E-state index contributed by atoms with van der Waals surface area (Å²) in [5.41, 5.74) is 0. The van der Waals surface area contributed by atoms with Crippen LogP contribution in [-0.2, 0) is 10.0 Å². The van der Waals surface area contributed by atoms with Gasteiger partial charge in [-0.05, 0) is 43.0 Å². The molecule has 3 heterocycles. The normalized spacial score (nSPS) is 24.0. The van der Waals surface area contributed by atoms with Crippen LogP contribution in [0.5, 0.6) is 0 Å². The summed E-state index contributed by atoms with van der Waals surface area (Å²) in [7, 11) is -3.55. The Morgan fingerprint density at radius 3 is 2.86 bits per heavy atom. The highest BCUT2D eigenvalue weighted by atomic mass is 32.2. The molecule has 2 atom stereocenters. The van der Waals surface area contributed by atoms with Gasteiger partial charge in [-0.3, -0.25) is 4.98 Å². The fourth-order valence-electron chi connectivity index (χ4n) is 2.78. The molecule has 1 saturated heterocycles. The van der Waals surface area contributed by atoms with Crippen LogP contribution in [0.2, 0.25) is 0 Å². The van der Waals surface area contributed by atoms with Crippen molar-refractivity contribution in [3.8, 4) is 0 Å². The minimum Gasteiger partial charge on any atom is -0.468 e. The number of pyridine rings is 1. The Balaban J connectivity index is 1.99. The van der Waals surface area contributed by atoms with Crippen molar-refractivity contribution in [3.05, 3.63) is 48.7 Å². The van der Waals surface area contributed by atoms with Crippen LogP contribution in [0.1, 0.15) is 31.6 Å². The SMILES string of the molecule is CC1CCN(S(=O)(=O)c2cccnc2)C(c2ccco2)C1. The fraction of sp³-hybridized carbons (Fsp3) is 0.400. The first kappa shape index (κ1) is 14.3. The van der Waals surface area contributed by atoms with Crippen molar-refractivity contribution in [1.82, 2.24) is 9.29 Å². The van der Waals surface area contributed by atoms with Crippen molar-refractivity contribution in [2.24, 2.45) is 5.92 Å². The molecule has 0 bridgehead atoms. The predicted molar refractivity (Wildman–Crippen MR) is 78.0 cm³/mol. The maximum Gasteiger partial charge on any atom is 0.245 e. The van der Waals surface area contributed by atoms with Crippen molar-refractivity contribution in [2.45, 2.75) is 30.7 Å². The second-order valence-electron chi connectivity index (χ2n) is 5.47. The van der Waals surface area contributed by atoms with Gasteiger partial charge in [0.2, 0.25) is 10.0 Å². The molecule has 112 valence electrons. The molecule has 0 aromatic carbocycles.